The maximum Gasteiger partial charge on any atom is 0.138 e. The Kier molecular flexibility index (Phi) is 4.88. The number of carbonyl (C=O) groups is 1. The average molecular weight is 249 g/mol. The molecular formula is C15H20FNO. The lowest BCUT2D eigenvalue weighted by molar-refractivity contribution is -0.118. The molecule has 1 fully saturated rings. The molecule has 0 radical (unpaired) electrons. The highest BCUT2D eigenvalue weighted by atomic mass is 19.1. The number of Topliss-reactive ketones (excluding diaryl/α,β-unsaturated/α-hetero) is 1. The molecule has 0 spiro atoms. The van der Waals surface area contributed by atoms with E-state index < -0.39 is 0 Å². The Bertz CT molecular complexity index is 382. The Labute approximate surface area is 108 Å². The van der Waals surface area contributed by atoms with E-state index in [4.69, 9.17) is 0 Å². The van der Waals surface area contributed by atoms with E-state index in [2.05, 4.69) is 4.90 Å². The van der Waals surface area contributed by atoms with Gasteiger partial charge < -0.3 is 4.90 Å². The van der Waals surface area contributed by atoms with Crippen molar-refractivity contribution in [3.63, 3.8) is 0 Å². The van der Waals surface area contributed by atoms with Crippen LogP contribution in [-0.2, 0) is 11.2 Å². The molecule has 1 heterocycles. The lowest BCUT2D eigenvalue weighted by atomic mass is 10.1. The van der Waals surface area contributed by atoms with Crippen LogP contribution in [-0.4, -0.2) is 30.3 Å². The van der Waals surface area contributed by atoms with E-state index in [-0.39, 0.29) is 11.6 Å². The molecule has 1 aromatic rings. The number of piperidine rings is 1. The molecule has 0 saturated carbocycles. The van der Waals surface area contributed by atoms with E-state index >= 15 is 0 Å². The number of benzene rings is 1. The van der Waals surface area contributed by atoms with Crippen molar-refractivity contribution in [3.8, 4) is 0 Å². The van der Waals surface area contributed by atoms with Crippen molar-refractivity contribution < 1.29 is 9.18 Å². The zero-order valence-corrected chi connectivity index (χ0v) is 10.7. The third kappa shape index (κ3) is 4.22. The summed E-state index contributed by atoms with van der Waals surface area (Å²) in [5, 5.41) is 0. The molecule has 3 heteroatoms. The predicted molar refractivity (Wildman–Crippen MR) is 70.0 cm³/mol. The van der Waals surface area contributed by atoms with Gasteiger partial charge in [0.15, 0.2) is 0 Å². The number of likely N-dealkylation sites (tertiary alicyclic amines) is 1. The van der Waals surface area contributed by atoms with E-state index in [1.807, 2.05) is 0 Å². The molecule has 2 nitrogen and oxygen atoms in total. The van der Waals surface area contributed by atoms with Crippen molar-refractivity contribution in [1.82, 2.24) is 4.90 Å². The molecule has 0 N–H and O–H groups in total. The fraction of sp³-hybridized carbons (Fsp3) is 0.533. The van der Waals surface area contributed by atoms with Gasteiger partial charge in [-0.05, 0) is 43.6 Å². The summed E-state index contributed by atoms with van der Waals surface area (Å²) in [5.74, 6) is -0.00769. The number of hydrogen-bond donors (Lipinski definition) is 0. The zero-order valence-electron chi connectivity index (χ0n) is 10.7. The minimum atomic E-state index is -0.250. The SMILES string of the molecule is O=C(CCN1CCCCC1)Cc1ccc(F)cc1. The summed E-state index contributed by atoms with van der Waals surface area (Å²) in [6, 6.07) is 6.20. The van der Waals surface area contributed by atoms with Crippen LogP contribution in [0, 0.1) is 5.82 Å². The summed E-state index contributed by atoms with van der Waals surface area (Å²) in [6.07, 6.45) is 4.86. The molecule has 18 heavy (non-hydrogen) atoms. The van der Waals surface area contributed by atoms with Gasteiger partial charge in [0.05, 0.1) is 0 Å². The highest BCUT2D eigenvalue weighted by Gasteiger charge is 2.11. The highest BCUT2D eigenvalue weighted by molar-refractivity contribution is 5.81. The van der Waals surface area contributed by atoms with Crippen LogP contribution in [0.15, 0.2) is 24.3 Å². The minimum absolute atomic E-state index is 0.243. The average Bonchev–Trinajstić information content (AvgIpc) is 2.40. The summed E-state index contributed by atoms with van der Waals surface area (Å²) in [5.41, 5.74) is 0.903. The van der Waals surface area contributed by atoms with E-state index in [1.54, 1.807) is 12.1 Å². The van der Waals surface area contributed by atoms with E-state index in [9.17, 15) is 9.18 Å². The van der Waals surface area contributed by atoms with Crippen LogP contribution in [0.4, 0.5) is 4.39 Å². The molecule has 0 aliphatic carbocycles. The normalized spacial score (nSPS) is 16.7. The van der Waals surface area contributed by atoms with Crippen LogP contribution < -0.4 is 0 Å². The van der Waals surface area contributed by atoms with E-state index in [0.717, 1.165) is 25.2 Å². The standard InChI is InChI=1S/C15H20FNO/c16-14-6-4-13(5-7-14)12-15(18)8-11-17-9-2-1-3-10-17/h4-7H,1-3,8-12H2. The van der Waals surface area contributed by atoms with Gasteiger partial charge in [-0.15, -0.1) is 0 Å². The quantitative estimate of drug-likeness (QED) is 0.799. The topological polar surface area (TPSA) is 20.3 Å². The van der Waals surface area contributed by atoms with E-state index in [0.29, 0.717) is 12.8 Å². The largest absolute Gasteiger partial charge is 0.303 e. The lowest BCUT2D eigenvalue weighted by Gasteiger charge is -2.25. The molecule has 0 unspecified atom stereocenters. The summed E-state index contributed by atoms with van der Waals surface area (Å²) in [6.45, 7) is 3.13. The Balaban J connectivity index is 1.73. The number of hydrogen-bond acceptors (Lipinski definition) is 2. The van der Waals surface area contributed by atoms with Gasteiger partial charge in [0, 0.05) is 19.4 Å². The van der Waals surface area contributed by atoms with Gasteiger partial charge in [0.2, 0.25) is 0 Å². The van der Waals surface area contributed by atoms with Gasteiger partial charge in [0.1, 0.15) is 11.6 Å². The molecule has 1 saturated heterocycles. The molecule has 0 aromatic heterocycles. The maximum absolute atomic E-state index is 12.7. The van der Waals surface area contributed by atoms with Crippen molar-refractivity contribution in [2.45, 2.75) is 32.1 Å². The van der Waals surface area contributed by atoms with Crippen LogP contribution in [0.5, 0.6) is 0 Å². The molecule has 0 bridgehead atoms. The van der Waals surface area contributed by atoms with Crippen LogP contribution in [0.3, 0.4) is 0 Å². The molecule has 1 aromatic carbocycles. The second-order valence-corrected chi connectivity index (χ2v) is 4.99. The number of nitrogens with zero attached hydrogens (tertiary/aromatic N) is 1. The summed E-state index contributed by atoms with van der Waals surface area (Å²) >= 11 is 0. The molecule has 2 rings (SSSR count). The fourth-order valence-electron chi connectivity index (χ4n) is 2.38. The first-order valence-electron chi connectivity index (χ1n) is 6.72. The third-order valence-electron chi connectivity index (χ3n) is 3.47. The summed E-state index contributed by atoms with van der Waals surface area (Å²) in [4.78, 5) is 14.2. The Hall–Kier alpha value is -1.22. The van der Waals surface area contributed by atoms with Crippen LogP contribution in [0.2, 0.25) is 0 Å². The smallest absolute Gasteiger partial charge is 0.138 e. The molecule has 1 aliphatic rings. The van der Waals surface area contributed by atoms with E-state index in [1.165, 1.54) is 31.4 Å². The number of halogens is 1. The fourth-order valence-corrected chi connectivity index (χ4v) is 2.38. The Morgan fingerprint density at radius 2 is 1.78 bits per heavy atom. The molecule has 98 valence electrons. The van der Waals surface area contributed by atoms with Crippen molar-refractivity contribution in [3.05, 3.63) is 35.6 Å². The first-order valence-corrected chi connectivity index (χ1v) is 6.72. The van der Waals surface area contributed by atoms with Gasteiger partial charge >= 0.3 is 0 Å². The highest BCUT2D eigenvalue weighted by Crippen LogP contribution is 2.10. The Morgan fingerprint density at radius 3 is 2.44 bits per heavy atom. The first kappa shape index (κ1) is 13.2. The second kappa shape index (κ2) is 6.64. The summed E-state index contributed by atoms with van der Waals surface area (Å²) < 4.78 is 12.7. The molecule has 1 aliphatic heterocycles. The van der Waals surface area contributed by atoms with Crippen molar-refractivity contribution >= 4 is 5.78 Å². The molecular weight excluding hydrogens is 229 g/mol. The monoisotopic (exact) mass is 249 g/mol. The first-order chi connectivity index (χ1) is 8.74. The van der Waals surface area contributed by atoms with Gasteiger partial charge in [-0.1, -0.05) is 18.6 Å². The van der Waals surface area contributed by atoms with Crippen LogP contribution >= 0.6 is 0 Å². The number of carbonyl (C=O) groups excluding carboxylic acids is 1. The second-order valence-electron chi connectivity index (χ2n) is 4.99. The zero-order chi connectivity index (χ0) is 12.8. The van der Waals surface area contributed by atoms with Gasteiger partial charge in [0.25, 0.3) is 0 Å². The molecule has 0 atom stereocenters. The van der Waals surface area contributed by atoms with Crippen LogP contribution in [0.1, 0.15) is 31.2 Å². The third-order valence-corrected chi connectivity index (χ3v) is 3.47. The predicted octanol–water partition coefficient (Wildman–Crippen LogP) is 2.81. The van der Waals surface area contributed by atoms with Gasteiger partial charge in [-0.3, -0.25) is 4.79 Å². The van der Waals surface area contributed by atoms with Crippen molar-refractivity contribution in [2.24, 2.45) is 0 Å². The van der Waals surface area contributed by atoms with Crippen molar-refractivity contribution in [2.75, 3.05) is 19.6 Å². The Morgan fingerprint density at radius 1 is 1.11 bits per heavy atom. The summed E-state index contributed by atoms with van der Waals surface area (Å²) in [7, 11) is 0. The van der Waals surface area contributed by atoms with Crippen LogP contribution in [0.25, 0.3) is 0 Å². The number of ketones is 1. The molecule has 0 amide bonds. The maximum atomic E-state index is 12.7. The number of rotatable bonds is 5. The van der Waals surface area contributed by atoms with Gasteiger partial charge in [-0.2, -0.15) is 0 Å². The van der Waals surface area contributed by atoms with Gasteiger partial charge in [-0.25, -0.2) is 4.39 Å². The minimum Gasteiger partial charge on any atom is -0.303 e. The van der Waals surface area contributed by atoms with Crippen molar-refractivity contribution in [1.29, 1.82) is 0 Å². The lowest BCUT2D eigenvalue weighted by Crippen LogP contribution is -2.31.